The molecule has 0 saturated carbocycles. The van der Waals surface area contributed by atoms with Crippen molar-refractivity contribution in [1.82, 2.24) is 4.31 Å². The molecule has 2 amide bonds. The van der Waals surface area contributed by atoms with Crippen LogP contribution in [0.25, 0.3) is 0 Å². The molecule has 1 fully saturated rings. The van der Waals surface area contributed by atoms with Crippen LogP contribution in [0.15, 0.2) is 77.7 Å². The van der Waals surface area contributed by atoms with Crippen LogP contribution in [0.1, 0.15) is 23.1 Å². The second kappa shape index (κ2) is 10.0. The Labute approximate surface area is 209 Å². The number of imide groups is 1. The Morgan fingerprint density at radius 2 is 1.74 bits per heavy atom. The number of sulfonamides is 1. The lowest BCUT2D eigenvalue weighted by Gasteiger charge is -2.27. The standard InChI is InChI=1S/C26H22ClN3O4S/c1-18-5-11-23(12-6-18)35(33,34)29(14-13-19-3-2-4-21(27)15-19)24-16-25(31)30(26(24)32)22-9-7-20(17-28)8-10-22/h2-12,15,24H,13-14,16H2,1H3. The van der Waals surface area contributed by atoms with E-state index in [1.54, 1.807) is 30.3 Å². The number of amides is 2. The summed E-state index contributed by atoms with van der Waals surface area (Å²) in [5.74, 6) is -1.13. The number of halogens is 1. The van der Waals surface area contributed by atoms with Crippen molar-refractivity contribution < 1.29 is 18.0 Å². The highest BCUT2D eigenvalue weighted by Crippen LogP contribution is 2.30. The summed E-state index contributed by atoms with van der Waals surface area (Å²) in [5.41, 5.74) is 2.38. The first-order valence-corrected chi connectivity index (χ1v) is 12.7. The van der Waals surface area contributed by atoms with Gasteiger partial charge in [0, 0.05) is 11.6 Å². The Hall–Kier alpha value is -3.51. The summed E-state index contributed by atoms with van der Waals surface area (Å²) in [6.45, 7) is 1.84. The summed E-state index contributed by atoms with van der Waals surface area (Å²) in [6, 6.07) is 20.2. The van der Waals surface area contributed by atoms with Crippen LogP contribution >= 0.6 is 11.6 Å². The first kappa shape index (κ1) is 24.6. The summed E-state index contributed by atoms with van der Waals surface area (Å²) in [5, 5.41) is 9.54. The highest BCUT2D eigenvalue weighted by molar-refractivity contribution is 7.89. The maximum Gasteiger partial charge on any atom is 0.252 e. The summed E-state index contributed by atoms with van der Waals surface area (Å²) >= 11 is 6.08. The van der Waals surface area contributed by atoms with Gasteiger partial charge in [-0.25, -0.2) is 13.3 Å². The van der Waals surface area contributed by atoms with Crippen molar-refractivity contribution in [2.24, 2.45) is 0 Å². The first-order chi connectivity index (χ1) is 16.7. The zero-order valence-electron chi connectivity index (χ0n) is 18.9. The van der Waals surface area contributed by atoms with E-state index >= 15 is 0 Å². The van der Waals surface area contributed by atoms with Crippen LogP contribution < -0.4 is 4.90 Å². The highest BCUT2D eigenvalue weighted by Gasteiger charge is 2.46. The maximum atomic E-state index is 13.7. The molecule has 0 spiro atoms. The molecule has 1 aliphatic rings. The summed E-state index contributed by atoms with van der Waals surface area (Å²) in [4.78, 5) is 27.3. The van der Waals surface area contributed by atoms with Crippen LogP contribution in [0, 0.1) is 18.3 Å². The average Bonchev–Trinajstić information content (AvgIpc) is 3.13. The molecular weight excluding hydrogens is 486 g/mol. The fourth-order valence-electron chi connectivity index (χ4n) is 4.02. The Morgan fingerprint density at radius 3 is 2.37 bits per heavy atom. The predicted octanol–water partition coefficient (Wildman–Crippen LogP) is 4.09. The first-order valence-electron chi connectivity index (χ1n) is 10.9. The second-order valence-electron chi connectivity index (χ2n) is 8.25. The molecule has 0 aliphatic carbocycles. The fraction of sp³-hybridized carbons (Fsp3) is 0.192. The van der Waals surface area contributed by atoms with Crippen molar-refractivity contribution in [3.63, 3.8) is 0 Å². The zero-order valence-corrected chi connectivity index (χ0v) is 20.5. The van der Waals surface area contributed by atoms with Crippen molar-refractivity contribution in [3.05, 3.63) is 94.5 Å². The lowest BCUT2D eigenvalue weighted by atomic mass is 10.1. The quantitative estimate of drug-likeness (QED) is 0.449. The van der Waals surface area contributed by atoms with Gasteiger partial charge in [-0.15, -0.1) is 0 Å². The molecule has 7 nitrogen and oxygen atoms in total. The van der Waals surface area contributed by atoms with Gasteiger partial charge in [-0.05, 0) is 67.4 Å². The van der Waals surface area contributed by atoms with Crippen molar-refractivity contribution in [2.45, 2.75) is 30.7 Å². The molecule has 3 aromatic carbocycles. The Kier molecular flexibility index (Phi) is 7.03. The monoisotopic (exact) mass is 507 g/mol. The number of carbonyl (C=O) groups excluding carboxylic acids is 2. The van der Waals surface area contributed by atoms with E-state index in [1.807, 2.05) is 19.1 Å². The third-order valence-electron chi connectivity index (χ3n) is 5.86. The number of hydrogen-bond acceptors (Lipinski definition) is 5. The van der Waals surface area contributed by atoms with Gasteiger partial charge < -0.3 is 0 Å². The van der Waals surface area contributed by atoms with Gasteiger partial charge in [-0.2, -0.15) is 9.57 Å². The Bertz CT molecular complexity index is 1410. The van der Waals surface area contributed by atoms with E-state index in [2.05, 4.69) is 0 Å². The zero-order chi connectivity index (χ0) is 25.2. The summed E-state index contributed by atoms with van der Waals surface area (Å²) in [7, 11) is -4.10. The molecule has 0 N–H and O–H groups in total. The SMILES string of the molecule is Cc1ccc(S(=O)(=O)N(CCc2cccc(Cl)c2)C2CC(=O)N(c3ccc(C#N)cc3)C2=O)cc1. The van der Waals surface area contributed by atoms with Gasteiger partial charge in [-0.3, -0.25) is 9.59 Å². The molecule has 1 atom stereocenters. The van der Waals surface area contributed by atoms with Gasteiger partial charge in [0.2, 0.25) is 15.9 Å². The summed E-state index contributed by atoms with van der Waals surface area (Å²) in [6.07, 6.45) is 0.0277. The number of nitrogens with zero attached hydrogens (tertiary/aromatic N) is 3. The number of benzene rings is 3. The molecule has 1 aliphatic heterocycles. The average molecular weight is 508 g/mol. The number of nitriles is 1. The van der Waals surface area contributed by atoms with Gasteiger partial charge in [-0.1, -0.05) is 41.4 Å². The minimum atomic E-state index is -4.10. The smallest absolute Gasteiger partial charge is 0.252 e. The molecule has 0 aromatic heterocycles. The normalized spacial score (nSPS) is 16.1. The third kappa shape index (κ3) is 5.13. The van der Waals surface area contributed by atoms with E-state index in [0.717, 1.165) is 20.3 Å². The maximum absolute atomic E-state index is 13.7. The number of carbonyl (C=O) groups is 2. The van der Waals surface area contributed by atoms with Gasteiger partial charge in [0.25, 0.3) is 5.91 Å². The van der Waals surface area contributed by atoms with Gasteiger partial charge in [0.1, 0.15) is 6.04 Å². The molecule has 35 heavy (non-hydrogen) atoms. The number of hydrogen-bond donors (Lipinski definition) is 0. The molecule has 4 rings (SSSR count). The molecule has 1 heterocycles. The minimum absolute atomic E-state index is 0.0125. The fourth-order valence-corrected chi connectivity index (χ4v) is 5.81. The van der Waals surface area contributed by atoms with Crippen molar-refractivity contribution in [2.75, 3.05) is 11.4 Å². The molecule has 3 aromatic rings. The van der Waals surface area contributed by atoms with Crippen molar-refractivity contribution in [1.29, 1.82) is 5.26 Å². The van der Waals surface area contributed by atoms with Crippen LogP contribution in [-0.4, -0.2) is 37.1 Å². The lowest BCUT2D eigenvalue weighted by Crippen LogP contribution is -2.46. The van der Waals surface area contributed by atoms with Crippen LogP contribution in [-0.2, 0) is 26.0 Å². The lowest BCUT2D eigenvalue weighted by molar-refractivity contribution is -0.122. The molecule has 1 saturated heterocycles. The Balaban J connectivity index is 1.69. The molecule has 1 unspecified atom stereocenters. The third-order valence-corrected chi connectivity index (χ3v) is 8.02. The van der Waals surface area contributed by atoms with E-state index in [9.17, 15) is 18.0 Å². The van der Waals surface area contributed by atoms with E-state index in [4.69, 9.17) is 16.9 Å². The second-order valence-corrected chi connectivity index (χ2v) is 10.6. The van der Waals surface area contributed by atoms with Crippen LogP contribution in [0.3, 0.4) is 0 Å². The number of rotatable bonds is 7. The largest absolute Gasteiger partial charge is 0.274 e. The topological polar surface area (TPSA) is 98.6 Å². The summed E-state index contributed by atoms with van der Waals surface area (Å²) < 4.78 is 28.5. The molecule has 0 bridgehead atoms. The van der Waals surface area contributed by atoms with E-state index in [1.165, 1.54) is 36.4 Å². The van der Waals surface area contributed by atoms with Crippen LogP contribution in [0.5, 0.6) is 0 Å². The van der Waals surface area contributed by atoms with Crippen molar-refractivity contribution in [3.8, 4) is 6.07 Å². The minimum Gasteiger partial charge on any atom is -0.274 e. The van der Waals surface area contributed by atoms with Gasteiger partial charge in [0.05, 0.1) is 28.6 Å². The van der Waals surface area contributed by atoms with Gasteiger partial charge in [0.15, 0.2) is 0 Å². The van der Waals surface area contributed by atoms with E-state index in [-0.39, 0.29) is 17.9 Å². The predicted molar refractivity (Wildman–Crippen MR) is 132 cm³/mol. The Morgan fingerprint density at radius 1 is 1.06 bits per heavy atom. The van der Waals surface area contributed by atoms with E-state index in [0.29, 0.717) is 22.7 Å². The van der Waals surface area contributed by atoms with E-state index < -0.39 is 27.9 Å². The van der Waals surface area contributed by atoms with Gasteiger partial charge >= 0.3 is 0 Å². The molecular formula is C26H22ClN3O4S. The molecule has 178 valence electrons. The molecule has 9 heteroatoms. The number of anilines is 1. The van der Waals surface area contributed by atoms with Crippen LogP contribution in [0.2, 0.25) is 5.02 Å². The van der Waals surface area contributed by atoms with Crippen molar-refractivity contribution >= 4 is 39.1 Å². The van der Waals surface area contributed by atoms with Crippen LogP contribution in [0.4, 0.5) is 5.69 Å². The highest BCUT2D eigenvalue weighted by atomic mass is 35.5. The molecule has 0 radical (unpaired) electrons. The number of aryl methyl sites for hydroxylation is 1.